The average Bonchev–Trinajstić information content (AvgIpc) is 2.83. The summed E-state index contributed by atoms with van der Waals surface area (Å²) in [6.45, 7) is 18.5. The zero-order chi connectivity index (χ0) is 20.9. The van der Waals surface area contributed by atoms with Crippen molar-refractivity contribution >= 4 is 12.0 Å². The normalized spacial score (nSPS) is 17.0. The number of carbonyl (C=O) groups is 1. The van der Waals surface area contributed by atoms with E-state index >= 15 is 0 Å². The summed E-state index contributed by atoms with van der Waals surface area (Å²) in [6.07, 6.45) is 5.31. The highest BCUT2D eigenvalue weighted by Crippen LogP contribution is 2.22. The summed E-state index contributed by atoms with van der Waals surface area (Å²) in [5, 5.41) is 3.16. The van der Waals surface area contributed by atoms with Gasteiger partial charge in [-0.25, -0.2) is 4.98 Å². The highest BCUT2D eigenvalue weighted by molar-refractivity contribution is 5.94. The lowest BCUT2D eigenvalue weighted by Gasteiger charge is -2.28. The molecular formula is C22H39N5O. The highest BCUT2D eigenvalue weighted by atomic mass is 16.2. The van der Waals surface area contributed by atoms with Crippen molar-refractivity contribution in [3.63, 3.8) is 0 Å². The summed E-state index contributed by atoms with van der Waals surface area (Å²) in [5.41, 5.74) is 1.61. The first-order chi connectivity index (χ1) is 13.2. The molecule has 2 heterocycles. The number of nitrogens with zero attached hydrogens (tertiary/aromatic N) is 4. The Morgan fingerprint density at radius 1 is 1.29 bits per heavy atom. The number of imidazole rings is 1. The molecule has 0 fully saturated rings. The standard InChI is InChI=1S/C22H39N5O/c1-8-26(9-2)14-10-12-19-24-20(21(28)23-17(3)22(4,5)6)18-16-25(7)13-11-15-27(18)19/h10,12,17H,8-9,11,13-16H2,1-7H3,(H,23,28)/b12-10+. The maximum Gasteiger partial charge on any atom is 0.272 e. The molecule has 1 aliphatic rings. The van der Waals surface area contributed by atoms with Crippen LogP contribution in [0, 0.1) is 5.41 Å². The van der Waals surface area contributed by atoms with Gasteiger partial charge in [0.2, 0.25) is 0 Å². The van der Waals surface area contributed by atoms with Gasteiger partial charge in [0.1, 0.15) is 5.82 Å². The van der Waals surface area contributed by atoms with Crippen LogP contribution in [-0.2, 0) is 13.1 Å². The Morgan fingerprint density at radius 3 is 2.57 bits per heavy atom. The molecule has 2 rings (SSSR count). The first-order valence-corrected chi connectivity index (χ1v) is 10.6. The van der Waals surface area contributed by atoms with E-state index < -0.39 is 0 Å². The van der Waals surface area contributed by atoms with E-state index in [9.17, 15) is 4.79 Å². The molecule has 0 aromatic carbocycles. The van der Waals surface area contributed by atoms with E-state index in [2.05, 4.69) is 80.4 Å². The van der Waals surface area contributed by atoms with E-state index in [1.807, 2.05) is 0 Å². The van der Waals surface area contributed by atoms with Crippen LogP contribution in [0.25, 0.3) is 6.08 Å². The van der Waals surface area contributed by atoms with Crippen LogP contribution in [0.15, 0.2) is 6.08 Å². The molecule has 0 radical (unpaired) electrons. The smallest absolute Gasteiger partial charge is 0.272 e. The molecule has 1 unspecified atom stereocenters. The molecule has 0 aliphatic carbocycles. The minimum atomic E-state index is -0.0649. The van der Waals surface area contributed by atoms with Crippen molar-refractivity contribution < 1.29 is 4.79 Å². The maximum absolute atomic E-state index is 13.0. The third-order valence-electron chi connectivity index (χ3n) is 5.83. The van der Waals surface area contributed by atoms with Gasteiger partial charge < -0.3 is 19.7 Å². The summed E-state index contributed by atoms with van der Waals surface area (Å²) >= 11 is 0. The molecule has 1 atom stereocenters. The molecule has 1 aromatic rings. The van der Waals surface area contributed by atoms with Gasteiger partial charge in [-0.2, -0.15) is 0 Å². The molecular weight excluding hydrogens is 350 g/mol. The van der Waals surface area contributed by atoms with Gasteiger partial charge in [-0.15, -0.1) is 0 Å². The minimum Gasteiger partial charge on any atom is -0.348 e. The minimum absolute atomic E-state index is 0.00956. The van der Waals surface area contributed by atoms with Gasteiger partial charge in [0.05, 0.1) is 5.69 Å². The number of hydrogen-bond donors (Lipinski definition) is 1. The van der Waals surface area contributed by atoms with Crippen molar-refractivity contribution in [2.45, 2.75) is 67.1 Å². The number of amides is 1. The summed E-state index contributed by atoms with van der Waals surface area (Å²) in [7, 11) is 2.11. The van der Waals surface area contributed by atoms with Crippen LogP contribution < -0.4 is 5.32 Å². The van der Waals surface area contributed by atoms with Crippen molar-refractivity contribution in [3.05, 3.63) is 23.3 Å². The van der Waals surface area contributed by atoms with Gasteiger partial charge in [-0.05, 0) is 51.5 Å². The van der Waals surface area contributed by atoms with Crippen molar-refractivity contribution in [1.29, 1.82) is 0 Å². The second kappa shape index (κ2) is 9.70. The van der Waals surface area contributed by atoms with Crippen molar-refractivity contribution in [1.82, 2.24) is 24.7 Å². The summed E-state index contributed by atoms with van der Waals surface area (Å²) in [4.78, 5) is 22.4. The Balaban J connectivity index is 2.31. The van der Waals surface area contributed by atoms with Gasteiger partial charge in [-0.1, -0.05) is 40.7 Å². The highest BCUT2D eigenvalue weighted by Gasteiger charge is 2.27. The van der Waals surface area contributed by atoms with Gasteiger partial charge in [-0.3, -0.25) is 4.79 Å². The second-order valence-electron chi connectivity index (χ2n) is 8.96. The van der Waals surface area contributed by atoms with Crippen molar-refractivity contribution in [3.8, 4) is 0 Å². The van der Waals surface area contributed by atoms with Crippen LogP contribution in [0.5, 0.6) is 0 Å². The van der Waals surface area contributed by atoms with Crippen LogP contribution in [0.1, 0.15) is 70.0 Å². The zero-order valence-corrected chi connectivity index (χ0v) is 18.9. The fraction of sp³-hybridized carbons (Fsp3) is 0.727. The quantitative estimate of drug-likeness (QED) is 0.778. The van der Waals surface area contributed by atoms with Crippen LogP contribution in [0.2, 0.25) is 0 Å². The van der Waals surface area contributed by atoms with Crippen molar-refractivity contribution in [2.24, 2.45) is 5.41 Å². The second-order valence-corrected chi connectivity index (χ2v) is 8.96. The summed E-state index contributed by atoms with van der Waals surface area (Å²) in [5.74, 6) is 0.830. The Kier molecular flexibility index (Phi) is 7.84. The first-order valence-electron chi connectivity index (χ1n) is 10.6. The number of aromatic nitrogens is 2. The number of fused-ring (bicyclic) bond motifs is 1. The first kappa shape index (κ1) is 22.6. The van der Waals surface area contributed by atoms with E-state index in [-0.39, 0.29) is 17.4 Å². The fourth-order valence-electron chi connectivity index (χ4n) is 3.33. The fourth-order valence-corrected chi connectivity index (χ4v) is 3.33. The third-order valence-corrected chi connectivity index (χ3v) is 5.83. The van der Waals surface area contributed by atoms with E-state index in [1.165, 1.54) is 0 Å². The molecule has 0 saturated carbocycles. The molecule has 0 spiro atoms. The molecule has 28 heavy (non-hydrogen) atoms. The molecule has 0 saturated heterocycles. The Bertz CT molecular complexity index is 682. The molecule has 0 bridgehead atoms. The van der Waals surface area contributed by atoms with E-state index in [0.717, 1.165) is 57.2 Å². The van der Waals surface area contributed by atoms with Crippen LogP contribution >= 0.6 is 0 Å². The monoisotopic (exact) mass is 389 g/mol. The van der Waals surface area contributed by atoms with Crippen LogP contribution in [0.4, 0.5) is 0 Å². The molecule has 1 N–H and O–H groups in total. The number of likely N-dealkylation sites (N-methyl/N-ethyl adjacent to an activating group) is 1. The van der Waals surface area contributed by atoms with Crippen LogP contribution in [-0.4, -0.2) is 64.5 Å². The molecule has 6 nitrogen and oxygen atoms in total. The Morgan fingerprint density at radius 2 is 1.96 bits per heavy atom. The molecule has 158 valence electrons. The predicted octanol–water partition coefficient (Wildman–Crippen LogP) is 3.24. The number of rotatable bonds is 7. The number of nitrogens with one attached hydrogen (secondary N) is 1. The summed E-state index contributed by atoms with van der Waals surface area (Å²) < 4.78 is 2.24. The van der Waals surface area contributed by atoms with Gasteiger partial charge in [0.15, 0.2) is 5.69 Å². The lowest BCUT2D eigenvalue weighted by Crippen LogP contribution is -2.42. The lowest BCUT2D eigenvalue weighted by atomic mass is 9.88. The van der Waals surface area contributed by atoms with E-state index in [0.29, 0.717) is 5.69 Å². The molecule has 1 aromatic heterocycles. The Labute approximate surface area is 171 Å². The zero-order valence-electron chi connectivity index (χ0n) is 18.9. The Hall–Kier alpha value is -1.66. The molecule has 1 amide bonds. The summed E-state index contributed by atoms with van der Waals surface area (Å²) in [6, 6.07) is 0.0718. The van der Waals surface area contributed by atoms with E-state index in [4.69, 9.17) is 4.98 Å². The van der Waals surface area contributed by atoms with Gasteiger partial charge in [0, 0.05) is 25.7 Å². The molecule has 6 heteroatoms. The largest absolute Gasteiger partial charge is 0.348 e. The van der Waals surface area contributed by atoms with E-state index in [1.54, 1.807) is 0 Å². The molecule has 1 aliphatic heterocycles. The third kappa shape index (κ3) is 5.67. The van der Waals surface area contributed by atoms with Crippen LogP contribution in [0.3, 0.4) is 0 Å². The van der Waals surface area contributed by atoms with Crippen molar-refractivity contribution in [2.75, 3.05) is 33.2 Å². The average molecular weight is 390 g/mol. The SMILES string of the molecule is CCN(CC)C/C=C/c1nc(C(=O)NC(C)C(C)(C)C)c2n1CCCN(C)C2. The predicted molar refractivity (Wildman–Crippen MR) is 116 cm³/mol. The lowest BCUT2D eigenvalue weighted by molar-refractivity contribution is 0.0903. The maximum atomic E-state index is 13.0. The number of hydrogen-bond acceptors (Lipinski definition) is 4. The topological polar surface area (TPSA) is 53.4 Å². The number of carbonyl (C=O) groups excluding carboxylic acids is 1. The van der Waals surface area contributed by atoms with Gasteiger partial charge >= 0.3 is 0 Å². The van der Waals surface area contributed by atoms with Gasteiger partial charge in [0.25, 0.3) is 5.91 Å².